The molecule has 0 atom stereocenters. The van der Waals surface area contributed by atoms with Crippen LogP contribution in [0.2, 0.25) is 5.31 Å². The van der Waals surface area contributed by atoms with Gasteiger partial charge in [0.05, 0.1) is 0 Å². The van der Waals surface area contributed by atoms with Gasteiger partial charge in [-0.2, -0.15) is 0 Å². The summed E-state index contributed by atoms with van der Waals surface area (Å²) in [4.78, 5) is 0. The van der Waals surface area contributed by atoms with Gasteiger partial charge in [-0.3, -0.25) is 0 Å². The van der Waals surface area contributed by atoms with E-state index in [0.717, 1.165) is 0 Å². The van der Waals surface area contributed by atoms with Crippen molar-refractivity contribution in [2.45, 2.75) is 72.2 Å². The summed E-state index contributed by atoms with van der Waals surface area (Å²) in [5, 5.41) is 0.187. The van der Waals surface area contributed by atoms with E-state index in [9.17, 15) is 0 Å². The van der Waals surface area contributed by atoms with Gasteiger partial charge in [0.2, 0.25) is 0 Å². The molecule has 0 unspecified atom stereocenters. The van der Waals surface area contributed by atoms with Crippen LogP contribution in [-0.4, -0.2) is 13.0 Å². The number of rotatable bonds is 6. The molecule has 0 saturated carbocycles. The molecule has 2 heteroatoms. The highest BCUT2D eigenvalue weighted by Gasteiger charge is 2.29. The van der Waals surface area contributed by atoms with Crippen molar-refractivity contribution in [3.05, 3.63) is 12.1 Å². The van der Waals surface area contributed by atoms with Crippen LogP contribution in [0.25, 0.3) is 0 Å². The van der Waals surface area contributed by atoms with Crippen molar-refractivity contribution in [3.63, 3.8) is 0 Å². The van der Waals surface area contributed by atoms with Crippen molar-refractivity contribution in [2.75, 3.05) is 0 Å². The van der Waals surface area contributed by atoms with Gasteiger partial charge in [-0.05, 0) is 25.6 Å². The highest BCUT2D eigenvalue weighted by molar-refractivity contribution is 6.60. The molecule has 0 amide bonds. The summed E-state index contributed by atoms with van der Waals surface area (Å²) in [6, 6.07) is 0. The van der Waals surface area contributed by atoms with E-state index < -0.39 is 0 Å². The van der Waals surface area contributed by atoms with Gasteiger partial charge < -0.3 is 4.65 Å². The largest absolute Gasteiger partial charge is 0.429 e. The molecule has 0 aliphatic heterocycles. The maximum absolute atomic E-state index is 5.91. The fraction of sp³-hybridized carbons (Fsp3) is 0.846. The Labute approximate surface area is 96.4 Å². The first-order chi connectivity index (χ1) is 6.88. The second-order valence-corrected chi connectivity index (χ2v) is 5.54. The topological polar surface area (TPSA) is 9.23 Å². The van der Waals surface area contributed by atoms with Gasteiger partial charge in [0, 0.05) is 6.10 Å². The van der Waals surface area contributed by atoms with Crippen molar-refractivity contribution in [2.24, 2.45) is 0 Å². The number of hydrogen-bond acceptors (Lipinski definition) is 1. The number of hydrogen-bond donors (Lipinski definition) is 0. The average Bonchev–Trinajstić information content (AvgIpc) is 2.08. The standard InChI is InChI=1S/C13H27BO/c1-7-8-9-10-11-14(13(4,5)6)15-12(2)3/h10-12H,7-9H2,1-6H3/b11-10+. The minimum atomic E-state index is 0.187. The molecule has 0 fully saturated rings. The first-order valence-corrected chi connectivity index (χ1v) is 6.20. The Morgan fingerprint density at radius 1 is 1.27 bits per heavy atom. The number of allylic oxidation sites excluding steroid dienone is 1. The van der Waals surface area contributed by atoms with Crippen LogP contribution in [-0.2, 0) is 4.65 Å². The van der Waals surface area contributed by atoms with E-state index in [1.54, 1.807) is 0 Å². The maximum Gasteiger partial charge on any atom is 0.324 e. The smallest absolute Gasteiger partial charge is 0.324 e. The zero-order valence-corrected chi connectivity index (χ0v) is 11.3. The average molecular weight is 210 g/mol. The normalized spacial score (nSPS) is 12.7. The lowest BCUT2D eigenvalue weighted by Crippen LogP contribution is -2.30. The molecule has 0 N–H and O–H groups in total. The third kappa shape index (κ3) is 7.67. The third-order valence-electron chi connectivity index (χ3n) is 2.31. The lowest BCUT2D eigenvalue weighted by atomic mass is 9.47. The fourth-order valence-corrected chi connectivity index (χ4v) is 1.37. The van der Waals surface area contributed by atoms with Gasteiger partial charge in [-0.1, -0.05) is 52.6 Å². The molecule has 1 nitrogen and oxygen atoms in total. The highest BCUT2D eigenvalue weighted by Crippen LogP contribution is 2.29. The van der Waals surface area contributed by atoms with Gasteiger partial charge in [-0.25, -0.2) is 0 Å². The van der Waals surface area contributed by atoms with E-state index in [4.69, 9.17) is 4.65 Å². The second-order valence-electron chi connectivity index (χ2n) is 5.54. The summed E-state index contributed by atoms with van der Waals surface area (Å²) in [6.07, 6.45) is 6.27. The fourth-order valence-electron chi connectivity index (χ4n) is 1.37. The van der Waals surface area contributed by atoms with Crippen LogP contribution < -0.4 is 0 Å². The Hall–Kier alpha value is -0.235. The van der Waals surface area contributed by atoms with E-state index in [0.29, 0.717) is 6.10 Å². The van der Waals surface area contributed by atoms with Crippen LogP contribution in [0, 0.1) is 0 Å². The zero-order chi connectivity index (χ0) is 11.9. The van der Waals surface area contributed by atoms with Gasteiger partial charge in [-0.15, -0.1) is 0 Å². The van der Waals surface area contributed by atoms with Crippen LogP contribution in [0.4, 0.5) is 0 Å². The van der Waals surface area contributed by atoms with Crippen LogP contribution in [0.15, 0.2) is 12.1 Å². The molecule has 0 aromatic heterocycles. The predicted molar refractivity (Wildman–Crippen MR) is 70.4 cm³/mol. The van der Waals surface area contributed by atoms with Crippen LogP contribution >= 0.6 is 0 Å². The van der Waals surface area contributed by atoms with Gasteiger partial charge >= 0.3 is 6.92 Å². The Morgan fingerprint density at radius 2 is 1.87 bits per heavy atom. The predicted octanol–water partition coefficient (Wildman–Crippen LogP) is 4.49. The molecule has 88 valence electrons. The molecule has 0 rings (SSSR count). The van der Waals surface area contributed by atoms with E-state index in [2.05, 4.69) is 53.6 Å². The van der Waals surface area contributed by atoms with E-state index >= 15 is 0 Å². The SMILES string of the molecule is CCCC/C=C/B(OC(C)C)C(C)(C)C. The van der Waals surface area contributed by atoms with Crippen molar-refractivity contribution < 1.29 is 4.65 Å². The molecule has 0 spiro atoms. The van der Waals surface area contributed by atoms with Crippen LogP contribution in [0.3, 0.4) is 0 Å². The summed E-state index contributed by atoms with van der Waals surface area (Å²) < 4.78 is 5.91. The first kappa shape index (κ1) is 14.8. The summed E-state index contributed by atoms with van der Waals surface area (Å²) >= 11 is 0. The lowest BCUT2D eigenvalue weighted by Gasteiger charge is -2.26. The Balaban J connectivity index is 4.19. The third-order valence-corrected chi connectivity index (χ3v) is 2.31. The molecule has 0 heterocycles. The molecule has 0 aliphatic carbocycles. The molecule has 0 aromatic rings. The summed E-state index contributed by atoms with van der Waals surface area (Å²) in [6.45, 7) is 13.3. The lowest BCUT2D eigenvalue weighted by molar-refractivity contribution is 0.235. The minimum Gasteiger partial charge on any atom is -0.429 e. The molecule has 0 radical (unpaired) electrons. The number of unbranched alkanes of at least 4 members (excludes halogenated alkanes) is 2. The Morgan fingerprint density at radius 3 is 2.27 bits per heavy atom. The summed E-state index contributed by atoms with van der Waals surface area (Å²) in [7, 11) is 0. The molecular formula is C13H27BO. The van der Waals surface area contributed by atoms with Gasteiger partial charge in [0.1, 0.15) is 0 Å². The minimum absolute atomic E-state index is 0.187. The molecule has 0 saturated heterocycles. The van der Waals surface area contributed by atoms with E-state index in [1.165, 1.54) is 19.3 Å². The van der Waals surface area contributed by atoms with Crippen LogP contribution in [0.5, 0.6) is 0 Å². The van der Waals surface area contributed by atoms with Crippen molar-refractivity contribution in [1.29, 1.82) is 0 Å². The molecule has 15 heavy (non-hydrogen) atoms. The monoisotopic (exact) mass is 210 g/mol. The van der Waals surface area contributed by atoms with Gasteiger partial charge in [0.25, 0.3) is 0 Å². The zero-order valence-electron chi connectivity index (χ0n) is 11.3. The second kappa shape index (κ2) is 7.11. The van der Waals surface area contributed by atoms with Crippen molar-refractivity contribution in [3.8, 4) is 0 Å². The molecule has 0 aromatic carbocycles. The Kier molecular flexibility index (Phi) is 7.00. The Bertz CT molecular complexity index is 179. The van der Waals surface area contributed by atoms with Crippen molar-refractivity contribution in [1.82, 2.24) is 0 Å². The molecule has 0 aliphatic rings. The maximum atomic E-state index is 5.91. The first-order valence-electron chi connectivity index (χ1n) is 6.20. The quantitative estimate of drug-likeness (QED) is 0.463. The van der Waals surface area contributed by atoms with E-state index in [-0.39, 0.29) is 12.2 Å². The highest BCUT2D eigenvalue weighted by atomic mass is 16.4. The molecule has 0 bridgehead atoms. The van der Waals surface area contributed by atoms with Crippen LogP contribution in [0.1, 0.15) is 60.8 Å². The van der Waals surface area contributed by atoms with Crippen molar-refractivity contribution >= 4 is 6.92 Å². The molecular weight excluding hydrogens is 183 g/mol. The van der Waals surface area contributed by atoms with E-state index in [1.807, 2.05) is 0 Å². The summed E-state index contributed by atoms with van der Waals surface area (Å²) in [5.41, 5.74) is 0. The van der Waals surface area contributed by atoms with Gasteiger partial charge in [0.15, 0.2) is 0 Å². The summed E-state index contributed by atoms with van der Waals surface area (Å²) in [5.74, 6) is 2.23.